The summed E-state index contributed by atoms with van der Waals surface area (Å²) in [6.45, 7) is 3.38. The van der Waals surface area contributed by atoms with Gasteiger partial charge in [-0.15, -0.1) is 0 Å². The van der Waals surface area contributed by atoms with Crippen molar-refractivity contribution in [3.05, 3.63) is 59.7 Å². The number of hydrogen-bond acceptors (Lipinski definition) is 4. The van der Waals surface area contributed by atoms with Crippen LogP contribution in [-0.2, 0) is 0 Å². The van der Waals surface area contributed by atoms with E-state index in [0.717, 1.165) is 6.42 Å². The topological polar surface area (TPSA) is 89.2 Å². The smallest absolute Gasteiger partial charge is 0.274 e. The van der Waals surface area contributed by atoms with Crippen molar-refractivity contribution in [2.45, 2.75) is 19.3 Å². The summed E-state index contributed by atoms with van der Waals surface area (Å²) in [4.78, 5) is 33.8. The number of carbonyl (C=O) groups is 2. The lowest BCUT2D eigenvalue weighted by molar-refractivity contribution is 0.0650. The summed E-state index contributed by atoms with van der Waals surface area (Å²) in [5, 5.41) is 0. The van der Waals surface area contributed by atoms with Crippen molar-refractivity contribution >= 4 is 11.8 Å². The second kappa shape index (κ2) is 6.78. The first kappa shape index (κ1) is 16.1. The van der Waals surface area contributed by atoms with Gasteiger partial charge in [0, 0.05) is 25.5 Å². The standard InChI is InChI=1S/C18H20N4O2/c1-12-11-22(10-7-14(12)13-5-3-2-4-6-13)18(24)16-15(17(19)23)20-8-9-21-16/h2-6,8-9,12,14H,7,10-11H2,1H3,(H2,19,23). The van der Waals surface area contributed by atoms with Crippen molar-refractivity contribution in [1.29, 1.82) is 0 Å². The highest BCUT2D eigenvalue weighted by Gasteiger charge is 2.32. The van der Waals surface area contributed by atoms with Crippen LogP contribution in [-0.4, -0.2) is 39.8 Å². The maximum absolute atomic E-state index is 12.7. The van der Waals surface area contributed by atoms with E-state index in [-0.39, 0.29) is 17.3 Å². The summed E-state index contributed by atoms with van der Waals surface area (Å²) < 4.78 is 0. The average Bonchev–Trinajstić information content (AvgIpc) is 2.61. The molecule has 2 N–H and O–H groups in total. The van der Waals surface area contributed by atoms with Gasteiger partial charge >= 0.3 is 0 Å². The maximum atomic E-state index is 12.7. The van der Waals surface area contributed by atoms with E-state index in [1.165, 1.54) is 18.0 Å². The second-order valence-corrected chi connectivity index (χ2v) is 6.15. The van der Waals surface area contributed by atoms with Crippen LogP contribution in [0.3, 0.4) is 0 Å². The minimum atomic E-state index is -0.737. The van der Waals surface area contributed by atoms with Gasteiger partial charge in [-0.25, -0.2) is 9.97 Å². The molecule has 2 unspecified atom stereocenters. The van der Waals surface area contributed by atoms with Crippen LogP contribution in [0, 0.1) is 5.92 Å². The van der Waals surface area contributed by atoms with E-state index in [4.69, 9.17) is 5.73 Å². The molecule has 0 bridgehead atoms. The third-order valence-corrected chi connectivity index (χ3v) is 4.55. The van der Waals surface area contributed by atoms with Gasteiger partial charge in [0.2, 0.25) is 0 Å². The van der Waals surface area contributed by atoms with E-state index in [1.54, 1.807) is 4.90 Å². The number of amides is 2. The molecule has 2 aromatic rings. The van der Waals surface area contributed by atoms with Crippen molar-refractivity contribution in [3.8, 4) is 0 Å². The molecule has 124 valence electrons. The van der Waals surface area contributed by atoms with E-state index >= 15 is 0 Å². The minimum absolute atomic E-state index is 0.0374. The molecule has 0 aliphatic carbocycles. The summed E-state index contributed by atoms with van der Waals surface area (Å²) in [5.74, 6) is -0.277. The van der Waals surface area contributed by atoms with Crippen LogP contribution in [0.25, 0.3) is 0 Å². The molecule has 2 heterocycles. The molecule has 3 rings (SSSR count). The van der Waals surface area contributed by atoms with Gasteiger partial charge in [0.05, 0.1) is 0 Å². The summed E-state index contributed by atoms with van der Waals surface area (Å²) in [6, 6.07) is 10.3. The fourth-order valence-electron chi connectivity index (χ4n) is 3.35. The Labute approximate surface area is 140 Å². The Hall–Kier alpha value is -2.76. The fourth-order valence-corrected chi connectivity index (χ4v) is 3.35. The Balaban J connectivity index is 1.77. The van der Waals surface area contributed by atoms with Gasteiger partial charge in [0.25, 0.3) is 11.8 Å². The number of nitrogens with two attached hydrogens (primary N) is 1. The van der Waals surface area contributed by atoms with Crippen LogP contribution in [0.1, 0.15) is 45.8 Å². The predicted molar refractivity (Wildman–Crippen MR) is 89.4 cm³/mol. The van der Waals surface area contributed by atoms with Crippen molar-refractivity contribution in [3.63, 3.8) is 0 Å². The third-order valence-electron chi connectivity index (χ3n) is 4.55. The fraction of sp³-hybridized carbons (Fsp3) is 0.333. The highest BCUT2D eigenvalue weighted by Crippen LogP contribution is 2.33. The van der Waals surface area contributed by atoms with Crippen molar-refractivity contribution in [2.75, 3.05) is 13.1 Å². The lowest BCUT2D eigenvalue weighted by atomic mass is 9.81. The van der Waals surface area contributed by atoms with Crippen LogP contribution in [0.5, 0.6) is 0 Å². The molecule has 1 aliphatic heterocycles. The number of rotatable bonds is 3. The summed E-state index contributed by atoms with van der Waals surface area (Å²) in [7, 11) is 0. The molecule has 1 aromatic carbocycles. The molecule has 0 spiro atoms. The Morgan fingerprint density at radius 2 is 1.79 bits per heavy atom. The summed E-state index contributed by atoms with van der Waals surface area (Å²) in [6.07, 6.45) is 3.64. The lowest BCUT2D eigenvalue weighted by Gasteiger charge is -2.37. The highest BCUT2D eigenvalue weighted by atomic mass is 16.2. The molecule has 1 fully saturated rings. The van der Waals surface area contributed by atoms with Gasteiger partial charge in [-0.1, -0.05) is 37.3 Å². The number of aromatic nitrogens is 2. The zero-order valence-corrected chi connectivity index (χ0v) is 13.6. The Morgan fingerprint density at radius 3 is 2.42 bits per heavy atom. The van der Waals surface area contributed by atoms with Crippen LogP contribution >= 0.6 is 0 Å². The molecule has 0 radical (unpaired) electrons. The molecule has 24 heavy (non-hydrogen) atoms. The summed E-state index contributed by atoms with van der Waals surface area (Å²) >= 11 is 0. The Morgan fingerprint density at radius 1 is 1.12 bits per heavy atom. The van der Waals surface area contributed by atoms with Crippen molar-refractivity contribution in [1.82, 2.24) is 14.9 Å². The molecule has 6 nitrogen and oxygen atoms in total. The van der Waals surface area contributed by atoms with Gasteiger partial charge in [0.1, 0.15) is 0 Å². The van der Waals surface area contributed by atoms with Gasteiger partial charge in [-0.05, 0) is 23.8 Å². The van der Waals surface area contributed by atoms with Crippen LogP contribution in [0.2, 0.25) is 0 Å². The third kappa shape index (κ3) is 3.13. The van der Waals surface area contributed by atoms with Crippen molar-refractivity contribution in [2.24, 2.45) is 11.7 Å². The van der Waals surface area contributed by atoms with Crippen molar-refractivity contribution < 1.29 is 9.59 Å². The number of carbonyl (C=O) groups excluding carboxylic acids is 2. The molecular formula is C18H20N4O2. The molecule has 6 heteroatoms. The molecule has 2 atom stereocenters. The van der Waals surface area contributed by atoms with Crippen LogP contribution in [0.15, 0.2) is 42.7 Å². The lowest BCUT2D eigenvalue weighted by Crippen LogP contribution is -2.43. The number of hydrogen-bond donors (Lipinski definition) is 1. The van der Waals surface area contributed by atoms with E-state index in [9.17, 15) is 9.59 Å². The molecule has 1 aliphatic rings. The quantitative estimate of drug-likeness (QED) is 0.933. The number of nitrogens with zero attached hydrogens (tertiary/aromatic N) is 3. The molecular weight excluding hydrogens is 304 g/mol. The summed E-state index contributed by atoms with van der Waals surface area (Å²) in [5.41, 5.74) is 6.56. The molecule has 1 saturated heterocycles. The normalized spacial score (nSPS) is 20.6. The molecule has 2 amide bonds. The highest BCUT2D eigenvalue weighted by molar-refractivity contribution is 6.03. The van der Waals surface area contributed by atoms with Crippen LogP contribution < -0.4 is 5.73 Å². The van der Waals surface area contributed by atoms with E-state index in [0.29, 0.717) is 24.9 Å². The van der Waals surface area contributed by atoms with Gasteiger partial charge in [0.15, 0.2) is 11.4 Å². The Kier molecular flexibility index (Phi) is 4.55. The molecule has 0 saturated carbocycles. The van der Waals surface area contributed by atoms with E-state index in [2.05, 4.69) is 29.0 Å². The SMILES string of the molecule is CC1CN(C(=O)c2nccnc2C(N)=O)CCC1c1ccccc1. The van der Waals surface area contributed by atoms with E-state index < -0.39 is 5.91 Å². The monoisotopic (exact) mass is 324 g/mol. The van der Waals surface area contributed by atoms with Gasteiger partial charge in [-0.3, -0.25) is 9.59 Å². The largest absolute Gasteiger partial charge is 0.364 e. The number of likely N-dealkylation sites (tertiary alicyclic amines) is 1. The molecule has 1 aromatic heterocycles. The number of piperidine rings is 1. The van der Waals surface area contributed by atoms with Crippen LogP contribution in [0.4, 0.5) is 0 Å². The first-order valence-corrected chi connectivity index (χ1v) is 8.03. The first-order valence-electron chi connectivity index (χ1n) is 8.03. The minimum Gasteiger partial charge on any atom is -0.364 e. The number of benzene rings is 1. The first-order chi connectivity index (χ1) is 11.6. The zero-order chi connectivity index (χ0) is 17.1. The van der Waals surface area contributed by atoms with Gasteiger partial charge in [-0.2, -0.15) is 0 Å². The van der Waals surface area contributed by atoms with E-state index in [1.807, 2.05) is 18.2 Å². The Bertz CT molecular complexity index is 748. The van der Waals surface area contributed by atoms with Gasteiger partial charge < -0.3 is 10.6 Å². The average molecular weight is 324 g/mol. The maximum Gasteiger partial charge on any atom is 0.274 e. The predicted octanol–water partition coefficient (Wildman–Crippen LogP) is 1.84. The number of primary amides is 1. The zero-order valence-electron chi connectivity index (χ0n) is 13.6. The second-order valence-electron chi connectivity index (χ2n) is 6.15.